The summed E-state index contributed by atoms with van der Waals surface area (Å²) in [5.74, 6) is 0.269. The molecule has 2 aliphatic rings. The van der Waals surface area contributed by atoms with E-state index in [1.54, 1.807) is 12.1 Å². The van der Waals surface area contributed by atoms with Crippen LogP contribution in [0.4, 0.5) is 10.1 Å². The van der Waals surface area contributed by atoms with Crippen LogP contribution < -0.4 is 4.90 Å². The second-order valence-electron chi connectivity index (χ2n) is 7.15. The van der Waals surface area contributed by atoms with Gasteiger partial charge in [-0.3, -0.25) is 4.90 Å². The van der Waals surface area contributed by atoms with E-state index < -0.39 is 18.3 Å². The Morgan fingerprint density at radius 1 is 1.12 bits per heavy atom. The third kappa shape index (κ3) is 3.72. The van der Waals surface area contributed by atoms with E-state index in [2.05, 4.69) is 9.80 Å². The molecule has 0 bridgehead atoms. The maximum atomic E-state index is 13.4. The zero-order valence-corrected chi connectivity index (χ0v) is 14.1. The Kier molecular flexibility index (Phi) is 5.39. The molecule has 0 saturated carbocycles. The second-order valence-corrected chi connectivity index (χ2v) is 7.15. The minimum atomic E-state index is -1.06. The van der Waals surface area contributed by atoms with Crippen molar-refractivity contribution in [3.63, 3.8) is 0 Å². The summed E-state index contributed by atoms with van der Waals surface area (Å²) in [5, 5.41) is 29.7. The first-order chi connectivity index (χ1) is 11.5. The molecule has 2 aliphatic heterocycles. The average molecular weight is 338 g/mol. The zero-order chi connectivity index (χ0) is 17.3. The van der Waals surface area contributed by atoms with Gasteiger partial charge >= 0.3 is 0 Å². The van der Waals surface area contributed by atoms with Crippen LogP contribution in [-0.4, -0.2) is 70.8 Å². The van der Waals surface area contributed by atoms with Crippen molar-refractivity contribution in [1.82, 2.24) is 4.90 Å². The first kappa shape index (κ1) is 17.6. The van der Waals surface area contributed by atoms with Crippen molar-refractivity contribution in [3.05, 3.63) is 30.1 Å². The van der Waals surface area contributed by atoms with Gasteiger partial charge in [0.25, 0.3) is 0 Å². The lowest BCUT2D eigenvalue weighted by Crippen LogP contribution is -2.61. The second kappa shape index (κ2) is 7.35. The van der Waals surface area contributed by atoms with Crippen molar-refractivity contribution in [3.8, 4) is 0 Å². The predicted molar refractivity (Wildman–Crippen MR) is 90.4 cm³/mol. The number of hydrogen-bond acceptors (Lipinski definition) is 5. The summed E-state index contributed by atoms with van der Waals surface area (Å²) in [5.41, 5.74) is 0.925. The van der Waals surface area contributed by atoms with Crippen molar-refractivity contribution in [2.45, 2.75) is 44.1 Å². The number of piperidine rings is 2. The molecule has 0 aromatic heterocycles. The van der Waals surface area contributed by atoms with Gasteiger partial charge in [-0.25, -0.2) is 4.39 Å². The van der Waals surface area contributed by atoms with Crippen molar-refractivity contribution >= 4 is 5.69 Å². The SMILES string of the molecule is C[C@@H]1[C@@H](O)[C@H](O)[C@@H](O)CN1CC1CCN(c2cccc(F)c2)CC1. The van der Waals surface area contributed by atoms with E-state index in [1.807, 2.05) is 13.0 Å². The lowest BCUT2D eigenvalue weighted by molar-refractivity contribution is -0.135. The zero-order valence-electron chi connectivity index (χ0n) is 14.1. The molecule has 0 aliphatic carbocycles. The van der Waals surface area contributed by atoms with Gasteiger partial charge in [-0.15, -0.1) is 0 Å². The smallest absolute Gasteiger partial charge is 0.125 e. The van der Waals surface area contributed by atoms with Crippen LogP contribution >= 0.6 is 0 Å². The Morgan fingerprint density at radius 2 is 1.83 bits per heavy atom. The molecule has 0 spiro atoms. The fourth-order valence-corrected chi connectivity index (χ4v) is 3.86. The summed E-state index contributed by atoms with van der Waals surface area (Å²) in [4.78, 5) is 4.28. The number of rotatable bonds is 3. The number of anilines is 1. The van der Waals surface area contributed by atoms with Crippen LogP contribution in [0.2, 0.25) is 0 Å². The number of likely N-dealkylation sites (tertiary alicyclic amines) is 1. The molecule has 3 rings (SSSR count). The van der Waals surface area contributed by atoms with Gasteiger partial charge in [0.2, 0.25) is 0 Å². The number of hydrogen-bond donors (Lipinski definition) is 3. The summed E-state index contributed by atoms with van der Waals surface area (Å²) in [6.07, 6.45) is -0.890. The minimum absolute atomic E-state index is 0.162. The van der Waals surface area contributed by atoms with Crippen molar-refractivity contribution in [1.29, 1.82) is 0 Å². The van der Waals surface area contributed by atoms with E-state index in [9.17, 15) is 19.7 Å². The first-order valence-corrected chi connectivity index (χ1v) is 8.74. The molecular weight excluding hydrogens is 311 g/mol. The highest BCUT2D eigenvalue weighted by Crippen LogP contribution is 2.27. The molecule has 2 heterocycles. The Morgan fingerprint density at radius 3 is 2.50 bits per heavy atom. The molecule has 5 nitrogen and oxygen atoms in total. The topological polar surface area (TPSA) is 67.2 Å². The fourth-order valence-electron chi connectivity index (χ4n) is 3.86. The average Bonchev–Trinajstić information content (AvgIpc) is 2.58. The van der Waals surface area contributed by atoms with Crippen LogP contribution in [0.5, 0.6) is 0 Å². The standard InChI is InChI=1S/C18H27FN2O3/c1-12-17(23)18(24)16(22)11-21(12)10-13-5-7-20(8-6-13)15-4-2-3-14(19)9-15/h2-4,9,12-13,16-18,22-24H,5-8,10-11H2,1H3/t12-,16+,17-,18-/m1/s1. The minimum Gasteiger partial charge on any atom is -0.389 e. The molecule has 0 unspecified atom stereocenters. The number of halogens is 1. The Bertz CT molecular complexity index is 551. The Hall–Kier alpha value is -1.21. The lowest BCUT2D eigenvalue weighted by atomic mass is 9.90. The van der Waals surface area contributed by atoms with Crippen molar-refractivity contribution < 1.29 is 19.7 Å². The van der Waals surface area contributed by atoms with Gasteiger partial charge in [0, 0.05) is 37.9 Å². The number of nitrogens with zero attached hydrogens (tertiary/aromatic N) is 2. The summed E-state index contributed by atoms with van der Waals surface area (Å²) in [6.45, 7) is 4.85. The van der Waals surface area contributed by atoms with Gasteiger partial charge in [-0.2, -0.15) is 0 Å². The maximum absolute atomic E-state index is 13.4. The van der Waals surface area contributed by atoms with E-state index in [1.165, 1.54) is 6.07 Å². The summed E-state index contributed by atoms with van der Waals surface area (Å²) in [7, 11) is 0. The van der Waals surface area contributed by atoms with Gasteiger partial charge in [0.15, 0.2) is 0 Å². The van der Waals surface area contributed by atoms with E-state index in [0.29, 0.717) is 12.5 Å². The summed E-state index contributed by atoms with van der Waals surface area (Å²) in [6, 6.07) is 6.54. The van der Waals surface area contributed by atoms with E-state index in [-0.39, 0.29) is 11.9 Å². The summed E-state index contributed by atoms with van der Waals surface area (Å²) >= 11 is 0. The molecule has 6 heteroatoms. The fraction of sp³-hybridized carbons (Fsp3) is 0.667. The van der Waals surface area contributed by atoms with Crippen LogP contribution in [0, 0.1) is 11.7 Å². The molecule has 0 amide bonds. The third-order valence-electron chi connectivity index (χ3n) is 5.52. The van der Waals surface area contributed by atoms with Crippen LogP contribution in [0.25, 0.3) is 0 Å². The van der Waals surface area contributed by atoms with Crippen LogP contribution in [0.3, 0.4) is 0 Å². The predicted octanol–water partition coefficient (Wildman–Crippen LogP) is 0.829. The van der Waals surface area contributed by atoms with Crippen molar-refractivity contribution in [2.24, 2.45) is 5.92 Å². The Labute approximate surface area is 142 Å². The monoisotopic (exact) mass is 338 g/mol. The van der Waals surface area contributed by atoms with Crippen molar-refractivity contribution in [2.75, 3.05) is 31.1 Å². The quantitative estimate of drug-likeness (QED) is 0.762. The molecule has 24 heavy (non-hydrogen) atoms. The van der Waals surface area contributed by atoms with Crippen LogP contribution in [0.1, 0.15) is 19.8 Å². The molecule has 2 saturated heterocycles. The van der Waals surface area contributed by atoms with Gasteiger partial charge in [-0.05, 0) is 43.9 Å². The number of aliphatic hydroxyl groups excluding tert-OH is 3. The molecular formula is C18H27FN2O3. The highest BCUT2D eigenvalue weighted by molar-refractivity contribution is 5.46. The number of β-amino-alcohol motifs (C(OH)–C–C–N with tert-alkyl or cyclic N) is 1. The molecule has 1 aromatic rings. The Balaban J connectivity index is 1.54. The highest BCUT2D eigenvalue weighted by Gasteiger charge is 2.39. The highest BCUT2D eigenvalue weighted by atomic mass is 19.1. The van der Waals surface area contributed by atoms with E-state index in [4.69, 9.17) is 0 Å². The van der Waals surface area contributed by atoms with Crippen LogP contribution in [0.15, 0.2) is 24.3 Å². The number of benzene rings is 1. The third-order valence-corrected chi connectivity index (χ3v) is 5.52. The largest absolute Gasteiger partial charge is 0.389 e. The van der Waals surface area contributed by atoms with Gasteiger partial charge < -0.3 is 20.2 Å². The van der Waals surface area contributed by atoms with Crippen LogP contribution in [-0.2, 0) is 0 Å². The molecule has 2 fully saturated rings. The first-order valence-electron chi connectivity index (χ1n) is 8.74. The maximum Gasteiger partial charge on any atom is 0.125 e. The molecule has 134 valence electrons. The van der Waals surface area contributed by atoms with E-state index >= 15 is 0 Å². The number of aliphatic hydroxyl groups is 3. The normalized spacial score (nSPS) is 33.0. The molecule has 3 N–H and O–H groups in total. The van der Waals surface area contributed by atoms with Gasteiger partial charge in [-0.1, -0.05) is 6.07 Å². The van der Waals surface area contributed by atoms with E-state index in [0.717, 1.165) is 38.2 Å². The molecule has 1 aromatic carbocycles. The van der Waals surface area contributed by atoms with Gasteiger partial charge in [0.05, 0.1) is 12.2 Å². The van der Waals surface area contributed by atoms with Gasteiger partial charge in [0.1, 0.15) is 11.9 Å². The summed E-state index contributed by atoms with van der Waals surface area (Å²) < 4.78 is 13.4. The molecule has 4 atom stereocenters. The lowest BCUT2D eigenvalue weighted by Gasteiger charge is -2.44. The molecule has 0 radical (unpaired) electrons.